The molecule has 0 fully saturated rings. The molecule has 2 heterocycles. The number of pyridine rings is 1. The van der Waals surface area contributed by atoms with Crippen molar-refractivity contribution in [2.24, 2.45) is 0 Å². The van der Waals surface area contributed by atoms with Crippen LogP contribution in [0.15, 0.2) is 59.3 Å². The minimum Gasteiger partial charge on any atom is -0.486 e. The van der Waals surface area contributed by atoms with E-state index >= 15 is 0 Å². The van der Waals surface area contributed by atoms with Gasteiger partial charge in [0, 0.05) is 19.3 Å². The average Bonchev–Trinajstić information content (AvgIpc) is 3.20. The molecule has 1 aromatic carbocycles. The summed E-state index contributed by atoms with van der Waals surface area (Å²) in [5.41, 5.74) is -0.0218. The molecular weight excluding hydrogens is 387 g/mol. The minimum atomic E-state index is -4.46. The van der Waals surface area contributed by atoms with Crippen LogP contribution >= 0.6 is 0 Å². The summed E-state index contributed by atoms with van der Waals surface area (Å²) in [4.78, 5) is 18.3. The summed E-state index contributed by atoms with van der Waals surface area (Å²) in [6.07, 6.45) is -2.82. The highest BCUT2D eigenvalue weighted by Gasteiger charge is 2.30. The summed E-state index contributed by atoms with van der Waals surface area (Å²) in [6.45, 7) is 1.67. The summed E-state index contributed by atoms with van der Waals surface area (Å²) in [5, 5.41) is 3.74. The quantitative estimate of drug-likeness (QED) is 0.604. The highest BCUT2D eigenvalue weighted by Crippen LogP contribution is 2.31. The molecule has 0 radical (unpaired) electrons. The van der Waals surface area contributed by atoms with Gasteiger partial charge in [-0.1, -0.05) is 17.3 Å². The van der Waals surface area contributed by atoms with Gasteiger partial charge in [0.25, 0.3) is 5.91 Å². The summed E-state index contributed by atoms with van der Waals surface area (Å²) < 4.78 is 48.7. The molecule has 0 aliphatic carbocycles. The highest BCUT2D eigenvalue weighted by molar-refractivity contribution is 5.92. The smallest absolute Gasteiger partial charge is 0.416 e. The summed E-state index contributed by atoms with van der Waals surface area (Å²) in [7, 11) is 1.62. The van der Waals surface area contributed by atoms with E-state index in [0.29, 0.717) is 0 Å². The van der Waals surface area contributed by atoms with E-state index in [9.17, 15) is 18.0 Å². The molecule has 1 unspecified atom stereocenters. The van der Waals surface area contributed by atoms with Gasteiger partial charge in [-0.2, -0.15) is 13.2 Å². The molecule has 2 aromatic heterocycles. The molecule has 0 aliphatic rings. The molecule has 0 N–H and O–H groups in total. The van der Waals surface area contributed by atoms with Crippen molar-refractivity contribution in [2.45, 2.75) is 25.7 Å². The zero-order valence-corrected chi connectivity index (χ0v) is 15.7. The van der Waals surface area contributed by atoms with Gasteiger partial charge in [-0.3, -0.25) is 9.78 Å². The van der Waals surface area contributed by atoms with Crippen LogP contribution in [0.4, 0.5) is 13.2 Å². The molecule has 29 heavy (non-hydrogen) atoms. The normalized spacial score (nSPS) is 12.4. The Morgan fingerprint density at radius 1 is 1.21 bits per heavy atom. The molecule has 3 aromatic rings. The van der Waals surface area contributed by atoms with Gasteiger partial charge in [-0.25, -0.2) is 0 Å². The van der Waals surface area contributed by atoms with Crippen LogP contribution < -0.4 is 4.74 Å². The van der Waals surface area contributed by atoms with E-state index in [4.69, 9.17) is 9.26 Å². The molecule has 9 heteroatoms. The number of aromatic nitrogens is 2. The Morgan fingerprint density at radius 2 is 2.00 bits per heavy atom. The van der Waals surface area contributed by atoms with E-state index in [0.717, 1.165) is 17.8 Å². The first-order chi connectivity index (χ1) is 13.8. The van der Waals surface area contributed by atoms with Crippen molar-refractivity contribution in [3.05, 3.63) is 77.4 Å². The van der Waals surface area contributed by atoms with E-state index < -0.39 is 11.7 Å². The number of amides is 1. The van der Waals surface area contributed by atoms with Crippen molar-refractivity contribution in [1.82, 2.24) is 15.0 Å². The van der Waals surface area contributed by atoms with Crippen LogP contribution in [-0.4, -0.2) is 28.0 Å². The number of carbonyl (C=O) groups excluding carboxylic acids is 1. The Bertz CT molecular complexity index is 974. The van der Waals surface area contributed by atoms with Crippen molar-refractivity contribution in [2.75, 3.05) is 7.05 Å². The predicted octanol–water partition coefficient (Wildman–Crippen LogP) is 4.50. The number of ether oxygens (including phenoxy) is 1. The van der Waals surface area contributed by atoms with Crippen LogP contribution in [0.1, 0.15) is 40.5 Å². The molecule has 0 spiro atoms. The molecule has 1 atom stereocenters. The molecule has 0 saturated carbocycles. The molecule has 6 nitrogen and oxygen atoms in total. The molecule has 3 rings (SSSR count). The topological polar surface area (TPSA) is 68.5 Å². The molecule has 1 amide bonds. The molecule has 152 valence electrons. The lowest BCUT2D eigenvalue weighted by Crippen LogP contribution is -2.30. The van der Waals surface area contributed by atoms with Gasteiger partial charge in [0.1, 0.15) is 12.4 Å². The second-order valence-corrected chi connectivity index (χ2v) is 6.34. The maximum atomic E-state index is 12.8. The fourth-order valence-corrected chi connectivity index (χ4v) is 2.58. The van der Waals surface area contributed by atoms with Gasteiger partial charge in [-0.15, -0.1) is 0 Å². The lowest BCUT2D eigenvalue weighted by molar-refractivity contribution is -0.137. The third kappa shape index (κ3) is 4.92. The van der Waals surface area contributed by atoms with Gasteiger partial charge in [0.2, 0.25) is 0 Å². The Labute approximate surface area is 164 Å². The molecular formula is C20H18F3N3O3. The number of nitrogens with zero attached hydrogens (tertiary/aromatic N) is 3. The third-order valence-corrected chi connectivity index (χ3v) is 4.34. The van der Waals surface area contributed by atoms with Gasteiger partial charge < -0.3 is 14.2 Å². The molecule has 0 bridgehead atoms. The first-order valence-electron chi connectivity index (χ1n) is 8.69. The van der Waals surface area contributed by atoms with Gasteiger partial charge in [-0.05, 0) is 37.3 Å². The van der Waals surface area contributed by atoms with Crippen LogP contribution in [0.2, 0.25) is 0 Å². The zero-order chi connectivity index (χ0) is 21.0. The van der Waals surface area contributed by atoms with E-state index in [2.05, 4.69) is 10.1 Å². The third-order valence-electron chi connectivity index (χ3n) is 4.34. The first-order valence-corrected chi connectivity index (χ1v) is 8.69. The molecule has 0 saturated heterocycles. The number of carbonyl (C=O) groups is 1. The zero-order valence-electron chi connectivity index (χ0n) is 15.7. The Kier molecular flexibility index (Phi) is 5.86. The largest absolute Gasteiger partial charge is 0.486 e. The van der Waals surface area contributed by atoms with Crippen molar-refractivity contribution in [3.8, 4) is 5.75 Å². The standard InChI is InChI=1S/C20H18F3N3O3/c1-13(17-8-3-4-9-24-17)26(2)19(27)18-11-16(29-25-18)12-28-15-7-5-6-14(10-15)20(21,22)23/h3-11,13H,12H2,1-2H3. The number of rotatable bonds is 6. The van der Waals surface area contributed by atoms with Crippen LogP contribution in [0.25, 0.3) is 0 Å². The number of halogens is 3. The lowest BCUT2D eigenvalue weighted by Gasteiger charge is -2.23. The van der Waals surface area contributed by atoms with Gasteiger partial charge in [0.05, 0.1) is 17.3 Å². The fraction of sp³-hybridized carbons (Fsp3) is 0.250. The van der Waals surface area contributed by atoms with Crippen LogP contribution in [0.5, 0.6) is 5.75 Å². The number of hydrogen-bond acceptors (Lipinski definition) is 5. The Hall–Kier alpha value is -3.36. The van der Waals surface area contributed by atoms with Gasteiger partial charge in [0.15, 0.2) is 11.5 Å². The van der Waals surface area contributed by atoms with E-state index in [1.54, 1.807) is 19.3 Å². The van der Waals surface area contributed by atoms with Crippen LogP contribution in [0, 0.1) is 0 Å². The van der Waals surface area contributed by atoms with Crippen molar-refractivity contribution in [3.63, 3.8) is 0 Å². The average molecular weight is 405 g/mol. The van der Waals surface area contributed by atoms with Gasteiger partial charge >= 0.3 is 6.18 Å². The maximum absolute atomic E-state index is 12.8. The van der Waals surface area contributed by atoms with Crippen molar-refractivity contribution >= 4 is 5.91 Å². The molecule has 0 aliphatic heterocycles. The number of alkyl halides is 3. The Morgan fingerprint density at radius 3 is 2.69 bits per heavy atom. The summed E-state index contributed by atoms with van der Waals surface area (Å²) >= 11 is 0. The fourth-order valence-electron chi connectivity index (χ4n) is 2.58. The number of benzene rings is 1. The van der Waals surface area contributed by atoms with Crippen LogP contribution in [0.3, 0.4) is 0 Å². The first kappa shape index (κ1) is 20.4. The van der Waals surface area contributed by atoms with Crippen molar-refractivity contribution in [1.29, 1.82) is 0 Å². The second kappa shape index (κ2) is 8.34. The van der Waals surface area contributed by atoms with E-state index in [1.807, 2.05) is 19.1 Å². The minimum absolute atomic E-state index is 0.0324. The number of hydrogen-bond donors (Lipinski definition) is 0. The van der Waals surface area contributed by atoms with E-state index in [-0.39, 0.29) is 35.8 Å². The van der Waals surface area contributed by atoms with E-state index in [1.165, 1.54) is 23.1 Å². The summed E-state index contributed by atoms with van der Waals surface area (Å²) in [6, 6.07) is 11.0. The Balaban J connectivity index is 1.64. The lowest BCUT2D eigenvalue weighted by atomic mass is 10.2. The maximum Gasteiger partial charge on any atom is 0.416 e. The van der Waals surface area contributed by atoms with Crippen LogP contribution in [-0.2, 0) is 12.8 Å². The highest BCUT2D eigenvalue weighted by atomic mass is 19.4. The predicted molar refractivity (Wildman–Crippen MR) is 97.0 cm³/mol. The second-order valence-electron chi connectivity index (χ2n) is 6.34. The SMILES string of the molecule is CC(c1ccccn1)N(C)C(=O)c1cc(COc2cccc(C(F)(F)F)c2)on1. The van der Waals surface area contributed by atoms with Crippen molar-refractivity contribution < 1.29 is 27.2 Å². The monoisotopic (exact) mass is 405 g/mol. The summed E-state index contributed by atoms with van der Waals surface area (Å²) in [5.74, 6) is -0.133.